The monoisotopic (exact) mass is 280 g/mol. The van der Waals surface area contributed by atoms with Crippen LogP contribution in [0.2, 0.25) is 0 Å². The Morgan fingerprint density at radius 2 is 1.90 bits per heavy atom. The summed E-state index contributed by atoms with van der Waals surface area (Å²) in [7, 11) is 4.59. The first-order chi connectivity index (χ1) is 9.56. The first kappa shape index (κ1) is 16.0. The summed E-state index contributed by atoms with van der Waals surface area (Å²) in [6.45, 7) is 0.595. The highest BCUT2D eigenvalue weighted by atomic mass is 16.5. The van der Waals surface area contributed by atoms with Crippen molar-refractivity contribution in [3.8, 4) is 5.75 Å². The van der Waals surface area contributed by atoms with E-state index in [1.807, 2.05) is 24.3 Å². The predicted molar refractivity (Wildman–Crippen MR) is 74.4 cm³/mol. The smallest absolute Gasteiger partial charge is 0.319 e. The molecule has 1 aromatic carbocycles. The summed E-state index contributed by atoms with van der Waals surface area (Å²) < 4.78 is 9.74. The van der Waals surface area contributed by atoms with E-state index >= 15 is 0 Å². The molecule has 1 N–H and O–H groups in total. The number of ether oxygens (including phenoxy) is 2. The fourth-order valence-electron chi connectivity index (χ4n) is 1.68. The molecule has 0 saturated carbocycles. The molecule has 6 heteroatoms. The minimum atomic E-state index is -0.370. The van der Waals surface area contributed by atoms with Crippen molar-refractivity contribution in [1.29, 1.82) is 0 Å². The van der Waals surface area contributed by atoms with Crippen LogP contribution in [0.15, 0.2) is 24.3 Å². The number of rotatable bonds is 7. The van der Waals surface area contributed by atoms with Gasteiger partial charge in [-0.25, -0.2) is 0 Å². The lowest BCUT2D eigenvalue weighted by atomic mass is 10.2. The summed E-state index contributed by atoms with van der Waals surface area (Å²) >= 11 is 0. The van der Waals surface area contributed by atoms with E-state index in [4.69, 9.17) is 4.74 Å². The summed E-state index contributed by atoms with van der Waals surface area (Å²) in [5.74, 6) is 0.197. The highest BCUT2D eigenvalue weighted by Crippen LogP contribution is 2.16. The van der Waals surface area contributed by atoms with E-state index in [1.165, 1.54) is 7.11 Å². The molecule has 0 aliphatic rings. The van der Waals surface area contributed by atoms with Gasteiger partial charge in [-0.2, -0.15) is 0 Å². The van der Waals surface area contributed by atoms with Crippen molar-refractivity contribution in [3.63, 3.8) is 0 Å². The van der Waals surface area contributed by atoms with Gasteiger partial charge in [-0.05, 0) is 13.1 Å². The zero-order valence-electron chi connectivity index (χ0n) is 12.0. The lowest BCUT2D eigenvalue weighted by molar-refractivity contribution is -0.141. The number of nitrogens with one attached hydrogen (secondary N) is 1. The Kier molecular flexibility index (Phi) is 6.52. The number of esters is 1. The van der Waals surface area contributed by atoms with Crippen LogP contribution in [0.5, 0.6) is 5.75 Å². The summed E-state index contributed by atoms with van der Waals surface area (Å²) in [6.07, 6.45) is 0. The molecule has 0 radical (unpaired) electrons. The van der Waals surface area contributed by atoms with E-state index in [0.29, 0.717) is 6.54 Å². The minimum absolute atomic E-state index is 0.0819. The van der Waals surface area contributed by atoms with E-state index < -0.39 is 0 Å². The standard InChI is InChI=1S/C14H20N2O4/c1-16(10-14(18)20-3)9-13(17)15-8-11-6-4-5-7-12(11)19-2/h4-7H,8-10H2,1-3H3,(H,15,17). The highest BCUT2D eigenvalue weighted by molar-refractivity contribution is 5.79. The van der Waals surface area contributed by atoms with Crippen molar-refractivity contribution >= 4 is 11.9 Å². The molecule has 0 aliphatic carbocycles. The second-order valence-electron chi connectivity index (χ2n) is 4.34. The van der Waals surface area contributed by atoms with Gasteiger partial charge in [0.2, 0.25) is 5.91 Å². The molecular formula is C14H20N2O4. The first-order valence-electron chi connectivity index (χ1n) is 6.20. The van der Waals surface area contributed by atoms with Crippen LogP contribution in [0.3, 0.4) is 0 Å². The molecule has 20 heavy (non-hydrogen) atoms. The lowest BCUT2D eigenvalue weighted by Crippen LogP contribution is -2.37. The maximum atomic E-state index is 11.8. The molecule has 1 rings (SSSR count). The molecular weight excluding hydrogens is 260 g/mol. The quantitative estimate of drug-likeness (QED) is 0.733. The summed E-state index contributed by atoms with van der Waals surface area (Å²) in [4.78, 5) is 24.4. The van der Waals surface area contributed by atoms with Crippen molar-refractivity contribution in [2.24, 2.45) is 0 Å². The van der Waals surface area contributed by atoms with Crippen LogP contribution in [0, 0.1) is 0 Å². The lowest BCUT2D eigenvalue weighted by Gasteiger charge is -2.15. The topological polar surface area (TPSA) is 67.9 Å². The molecule has 6 nitrogen and oxygen atoms in total. The van der Waals surface area contributed by atoms with Crippen molar-refractivity contribution in [2.75, 3.05) is 34.4 Å². The summed E-state index contributed by atoms with van der Waals surface area (Å²) in [5, 5.41) is 2.78. The van der Waals surface area contributed by atoms with Gasteiger partial charge in [0.1, 0.15) is 5.75 Å². The van der Waals surface area contributed by atoms with Crippen LogP contribution in [0.4, 0.5) is 0 Å². The minimum Gasteiger partial charge on any atom is -0.496 e. The number of hydrogen-bond acceptors (Lipinski definition) is 5. The van der Waals surface area contributed by atoms with Gasteiger partial charge in [0.25, 0.3) is 0 Å². The first-order valence-corrected chi connectivity index (χ1v) is 6.20. The maximum absolute atomic E-state index is 11.8. The number of para-hydroxylation sites is 1. The average Bonchev–Trinajstić information content (AvgIpc) is 2.45. The zero-order valence-corrected chi connectivity index (χ0v) is 12.0. The Bertz CT molecular complexity index is 462. The summed E-state index contributed by atoms with van der Waals surface area (Å²) in [5.41, 5.74) is 0.902. The number of benzene rings is 1. The molecule has 1 aromatic rings. The number of likely N-dealkylation sites (N-methyl/N-ethyl adjacent to an activating group) is 1. The molecule has 0 saturated heterocycles. The summed E-state index contributed by atoms with van der Waals surface area (Å²) in [6, 6.07) is 7.48. The second kappa shape index (κ2) is 8.16. The highest BCUT2D eigenvalue weighted by Gasteiger charge is 2.11. The Morgan fingerprint density at radius 3 is 2.55 bits per heavy atom. The SMILES string of the molecule is COC(=O)CN(C)CC(=O)NCc1ccccc1OC. The van der Waals surface area contributed by atoms with Crippen LogP contribution >= 0.6 is 0 Å². The Balaban J connectivity index is 2.41. The molecule has 0 aromatic heterocycles. The molecule has 110 valence electrons. The van der Waals surface area contributed by atoms with E-state index in [1.54, 1.807) is 19.1 Å². The van der Waals surface area contributed by atoms with E-state index in [0.717, 1.165) is 11.3 Å². The van der Waals surface area contributed by atoms with Gasteiger partial charge < -0.3 is 14.8 Å². The van der Waals surface area contributed by atoms with Gasteiger partial charge in [0.05, 0.1) is 27.3 Å². The Labute approximate surface area is 118 Å². The normalized spacial score (nSPS) is 10.2. The molecule has 0 aliphatic heterocycles. The van der Waals surface area contributed by atoms with Gasteiger partial charge in [-0.1, -0.05) is 18.2 Å². The number of hydrogen-bond donors (Lipinski definition) is 1. The van der Waals surface area contributed by atoms with Gasteiger partial charge in [-0.3, -0.25) is 14.5 Å². The Morgan fingerprint density at radius 1 is 1.20 bits per heavy atom. The van der Waals surface area contributed by atoms with E-state index in [2.05, 4.69) is 10.1 Å². The van der Waals surface area contributed by atoms with E-state index in [9.17, 15) is 9.59 Å². The van der Waals surface area contributed by atoms with Crippen LogP contribution in [0.25, 0.3) is 0 Å². The number of nitrogens with zero attached hydrogens (tertiary/aromatic N) is 1. The van der Waals surface area contributed by atoms with Gasteiger partial charge in [0, 0.05) is 12.1 Å². The van der Waals surface area contributed by atoms with Crippen LogP contribution < -0.4 is 10.1 Å². The molecule has 0 heterocycles. The molecule has 1 amide bonds. The number of methoxy groups -OCH3 is 2. The van der Waals surface area contributed by atoms with E-state index in [-0.39, 0.29) is 25.0 Å². The van der Waals surface area contributed by atoms with Crippen molar-refractivity contribution < 1.29 is 19.1 Å². The molecule has 0 atom stereocenters. The van der Waals surface area contributed by atoms with Crippen molar-refractivity contribution in [2.45, 2.75) is 6.54 Å². The van der Waals surface area contributed by atoms with Crippen molar-refractivity contribution in [1.82, 2.24) is 10.2 Å². The van der Waals surface area contributed by atoms with Gasteiger partial charge in [-0.15, -0.1) is 0 Å². The largest absolute Gasteiger partial charge is 0.496 e. The number of carbonyl (C=O) groups excluding carboxylic acids is 2. The third-order valence-electron chi connectivity index (χ3n) is 2.71. The van der Waals surface area contributed by atoms with Crippen LogP contribution in [-0.2, 0) is 20.9 Å². The van der Waals surface area contributed by atoms with Gasteiger partial charge in [0.15, 0.2) is 0 Å². The molecule has 0 spiro atoms. The third kappa shape index (κ3) is 5.27. The number of amides is 1. The fraction of sp³-hybridized carbons (Fsp3) is 0.429. The fourth-order valence-corrected chi connectivity index (χ4v) is 1.68. The van der Waals surface area contributed by atoms with Crippen LogP contribution in [0.1, 0.15) is 5.56 Å². The third-order valence-corrected chi connectivity index (χ3v) is 2.71. The van der Waals surface area contributed by atoms with Crippen LogP contribution in [-0.4, -0.2) is 51.1 Å². The number of carbonyl (C=O) groups is 2. The van der Waals surface area contributed by atoms with Crippen molar-refractivity contribution in [3.05, 3.63) is 29.8 Å². The predicted octanol–water partition coefficient (Wildman–Crippen LogP) is 0.416. The Hall–Kier alpha value is -2.08. The molecule has 0 unspecified atom stereocenters. The van der Waals surface area contributed by atoms with Gasteiger partial charge >= 0.3 is 5.97 Å². The molecule has 0 bridgehead atoms. The zero-order chi connectivity index (χ0) is 15.0. The second-order valence-corrected chi connectivity index (χ2v) is 4.34. The molecule has 0 fully saturated rings. The average molecular weight is 280 g/mol. The maximum Gasteiger partial charge on any atom is 0.319 e.